The topological polar surface area (TPSA) is 38.3 Å². The van der Waals surface area contributed by atoms with E-state index in [4.69, 9.17) is 4.74 Å². The van der Waals surface area contributed by atoms with Gasteiger partial charge in [-0.25, -0.2) is 4.79 Å². The third kappa shape index (κ3) is 3.32. The second-order valence-electron chi connectivity index (χ2n) is 1.94. The number of esters is 1. The highest BCUT2D eigenvalue weighted by Crippen LogP contribution is 2.07. The van der Waals surface area contributed by atoms with Crippen LogP contribution >= 0.6 is 12.6 Å². The molecule has 0 amide bonds. The van der Waals surface area contributed by atoms with Crippen LogP contribution in [-0.2, 0) is 9.53 Å². The first-order chi connectivity index (χ1) is 5.13. The summed E-state index contributed by atoms with van der Waals surface area (Å²) in [5, 5.41) is 2.81. The smallest absolute Gasteiger partial charge is 0.346 e. The molecule has 0 saturated carbocycles. The van der Waals surface area contributed by atoms with Crippen molar-refractivity contribution in [1.82, 2.24) is 5.32 Å². The van der Waals surface area contributed by atoms with Gasteiger partial charge in [0.1, 0.15) is 4.91 Å². The molecule has 4 heteroatoms. The minimum absolute atomic E-state index is 0.328. The highest BCUT2D eigenvalue weighted by atomic mass is 32.1. The van der Waals surface area contributed by atoms with Crippen molar-refractivity contribution < 1.29 is 9.53 Å². The molecular weight excluding hydrogens is 162 g/mol. The van der Waals surface area contributed by atoms with Crippen LogP contribution in [0.4, 0.5) is 0 Å². The molecule has 3 nitrogen and oxygen atoms in total. The zero-order chi connectivity index (χ0) is 8.85. The van der Waals surface area contributed by atoms with E-state index in [1.807, 2.05) is 0 Å². The maximum atomic E-state index is 10.9. The van der Waals surface area contributed by atoms with E-state index in [9.17, 15) is 4.79 Å². The summed E-state index contributed by atoms with van der Waals surface area (Å²) in [5.74, 6) is -0.386. The van der Waals surface area contributed by atoms with E-state index in [1.165, 1.54) is 0 Å². The maximum Gasteiger partial charge on any atom is 0.346 e. The first-order valence-corrected chi connectivity index (χ1v) is 3.82. The van der Waals surface area contributed by atoms with E-state index < -0.39 is 0 Å². The standard InChI is InChI=1S/C7H13NO2S/c1-4-10-7(9)6(11)5(2)8-3/h8,11H,4H2,1-3H3/b6-5-. The summed E-state index contributed by atoms with van der Waals surface area (Å²) in [6.07, 6.45) is 0. The van der Waals surface area contributed by atoms with Crippen molar-refractivity contribution in [3.63, 3.8) is 0 Å². The molecule has 0 saturated heterocycles. The zero-order valence-corrected chi connectivity index (χ0v) is 7.87. The fraction of sp³-hybridized carbons (Fsp3) is 0.571. The molecule has 0 bridgehead atoms. The molecule has 0 atom stereocenters. The minimum Gasteiger partial charge on any atom is -0.462 e. The average molecular weight is 175 g/mol. The van der Waals surface area contributed by atoms with E-state index in [-0.39, 0.29) is 5.97 Å². The zero-order valence-electron chi connectivity index (χ0n) is 6.97. The lowest BCUT2D eigenvalue weighted by molar-refractivity contribution is -0.137. The van der Waals surface area contributed by atoms with Gasteiger partial charge in [-0.1, -0.05) is 0 Å². The Morgan fingerprint density at radius 1 is 1.64 bits per heavy atom. The number of thiol groups is 1. The lowest BCUT2D eigenvalue weighted by atomic mass is 10.4. The van der Waals surface area contributed by atoms with E-state index >= 15 is 0 Å². The lowest BCUT2D eigenvalue weighted by Crippen LogP contribution is -2.11. The normalized spacial score (nSPS) is 12.0. The summed E-state index contributed by atoms with van der Waals surface area (Å²) in [4.78, 5) is 11.3. The van der Waals surface area contributed by atoms with E-state index in [0.717, 1.165) is 0 Å². The number of allylic oxidation sites excluding steroid dienone is 1. The molecule has 0 aromatic carbocycles. The Labute approximate surface area is 72.2 Å². The van der Waals surface area contributed by atoms with Gasteiger partial charge in [-0.3, -0.25) is 0 Å². The van der Waals surface area contributed by atoms with Gasteiger partial charge in [0.15, 0.2) is 0 Å². The summed E-state index contributed by atoms with van der Waals surface area (Å²) in [6, 6.07) is 0. The fourth-order valence-electron chi connectivity index (χ4n) is 0.471. The molecule has 0 fully saturated rings. The predicted molar refractivity (Wildman–Crippen MR) is 47.4 cm³/mol. The van der Waals surface area contributed by atoms with Gasteiger partial charge in [0.05, 0.1) is 6.61 Å². The van der Waals surface area contributed by atoms with Crippen LogP contribution in [0.1, 0.15) is 13.8 Å². The molecule has 0 radical (unpaired) electrons. The molecule has 64 valence electrons. The van der Waals surface area contributed by atoms with Crippen molar-refractivity contribution in [1.29, 1.82) is 0 Å². The lowest BCUT2D eigenvalue weighted by Gasteiger charge is -2.04. The van der Waals surface area contributed by atoms with Gasteiger partial charge < -0.3 is 10.1 Å². The number of carbonyl (C=O) groups is 1. The number of nitrogens with one attached hydrogen (secondary N) is 1. The molecule has 11 heavy (non-hydrogen) atoms. The van der Waals surface area contributed by atoms with E-state index in [1.54, 1.807) is 20.9 Å². The second kappa shape index (κ2) is 5.07. The van der Waals surface area contributed by atoms with Crippen LogP contribution in [0, 0.1) is 0 Å². The van der Waals surface area contributed by atoms with Gasteiger partial charge in [-0.05, 0) is 13.8 Å². The molecule has 0 aromatic rings. The molecule has 0 spiro atoms. The molecule has 0 unspecified atom stereocenters. The Hall–Kier alpha value is -0.640. The molecule has 0 aromatic heterocycles. The summed E-state index contributed by atoms with van der Waals surface area (Å²) in [5.41, 5.74) is 0.715. The van der Waals surface area contributed by atoms with Crippen molar-refractivity contribution in [3.05, 3.63) is 10.6 Å². The Morgan fingerprint density at radius 2 is 2.18 bits per heavy atom. The van der Waals surface area contributed by atoms with Crippen molar-refractivity contribution in [2.75, 3.05) is 13.7 Å². The van der Waals surface area contributed by atoms with Crippen LogP contribution in [0.5, 0.6) is 0 Å². The summed E-state index contributed by atoms with van der Waals surface area (Å²) < 4.78 is 4.71. The van der Waals surface area contributed by atoms with Gasteiger partial charge in [0.2, 0.25) is 0 Å². The number of hydrogen-bond donors (Lipinski definition) is 2. The van der Waals surface area contributed by atoms with Crippen molar-refractivity contribution in [2.45, 2.75) is 13.8 Å². The highest BCUT2D eigenvalue weighted by Gasteiger charge is 2.07. The summed E-state index contributed by atoms with van der Waals surface area (Å²) in [7, 11) is 1.73. The maximum absolute atomic E-state index is 10.9. The molecule has 0 heterocycles. The van der Waals surface area contributed by atoms with Gasteiger partial charge in [0, 0.05) is 12.7 Å². The molecule has 1 N–H and O–H groups in total. The van der Waals surface area contributed by atoms with E-state index in [0.29, 0.717) is 17.2 Å². The molecule has 0 aliphatic carbocycles. The molecule has 0 rings (SSSR count). The van der Waals surface area contributed by atoms with Gasteiger partial charge in [-0.15, -0.1) is 12.6 Å². The largest absolute Gasteiger partial charge is 0.462 e. The van der Waals surface area contributed by atoms with Crippen molar-refractivity contribution >= 4 is 18.6 Å². The average Bonchev–Trinajstić information content (AvgIpc) is 2.02. The highest BCUT2D eigenvalue weighted by molar-refractivity contribution is 7.85. The number of ether oxygens (including phenoxy) is 1. The van der Waals surface area contributed by atoms with Gasteiger partial charge in [0.25, 0.3) is 0 Å². The summed E-state index contributed by atoms with van der Waals surface area (Å²) >= 11 is 3.98. The minimum atomic E-state index is -0.386. The van der Waals surface area contributed by atoms with Crippen molar-refractivity contribution in [3.8, 4) is 0 Å². The third-order valence-electron chi connectivity index (χ3n) is 1.20. The number of hydrogen-bond acceptors (Lipinski definition) is 4. The Bertz CT molecular complexity index is 177. The van der Waals surface area contributed by atoms with Crippen LogP contribution in [-0.4, -0.2) is 19.6 Å². The van der Waals surface area contributed by atoms with E-state index in [2.05, 4.69) is 17.9 Å². The predicted octanol–water partition coefficient (Wildman–Crippen LogP) is 0.930. The monoisotopic (exact) mass is 175 g/mol. The Balaban J connectivity index is 4.22. The SMILES string of the molecule is CCOC(=O)/C(S)=C(\C)NC. The quantitative estimate of drug-likeness (QED) is 0.381. The van der Waals surface area contributed by atoms with Crippen LogP contribution in [0.3, 0.4) is 0 Å². The first kappa shape index (κ1) is 10.4. The Kier molecular flexibility index (Phi) is 4.77. The number of carbonyl (C=O) groups excluding carboxylic acids is 1. The van der Waals surface area contributed by atoms with Crippen LogP contribution < -0.4 is 5.32 Å². The van der Waals surface area contributed by atoms with Crippen LogP contribution in [0.2, 0.25) is 0 Å². The van der Waals surface area contributed by atoms with Crippen molar-refractivity contribution in [2.24, 2.45) is 0 Å². The molecule has 0 aliphatic rings. The number of rotatable bonds is 3. The Morgan fingerprint density at radius 3 is 2.55 bits per heavy atom. The van der Waals surface area contributed by atoms with Gasteiger partial charge in [-0.2, -0.15) is 0 Å². The second-order valence-corrected chi connectivity index (χ2v) is 2.39. The van der Waals surface area contributed by atoms with Crippen LogP contribution in [0.25, 0.3) is 0 Å². The summed E-state index contributed by atoms with van der Waals surface area (Å²) in [6.45, 7) is 3.90. The molecule has 0 aliphatic heterocycles. The molecular formula is C7H13NO2S. The van der Waals surface area contributed by atoms with Crippen LogP contribution in [0.15, 0.2) is 10.6 Å². The van der Waals surface area contributed by atoms with Gasteiger partial charge >= 0.3 is 5.97 Å². The fourth-order valence-corrected chi connectivity index (χ4v) is 0.647. The first-order valence-electron chi connectivity index (χ1n) is 3.38. The third-order valence-corrected chi connectivity index (χ3v) is 1.72.